The molecule has 0 amide bonds. The number of nitrogens with zero attached hydrogens (tertiary/aromatic N) is 1. The number of hydrogen-bond acceptors (Lipinski definition) is 2. The van der Waals surface area contributed by atoms with Gasteiger partial charge < -0.3 is 0 Å². The van der Waals surface area contributed by atoms with Crippen LogP contribution in [0.5, 0.6) is 0 Å². The fraction of sp³-hybridized carbons (Fsp3) is 0. The zero-order valence-corrected chi connectivity index (χ0v) is 7.92. The topological polar surface area (TPSA) is 23.8 Å². The van der Waals surface area contributed by atoms with Crippen molar-refractivity contribution in [1.29, 1.82) is 5.26 Å². The number of rotatable bonds is 0. The monoisotopic (exact) mass is 269 g/mol. The number of thiophene rings is 1. The first-order valence-corrected chi connectivity index (χ1v) is 4.42. The third-order valence-corrected chi connectivity index (χ3v) is 3.31. The first-order chi connectivity index (χ1) is 4.25. The second-order valence-corrected chi connectivity index (χ2v) is 4.44. The maximum atomic E-state index is 8.46. The Labute approximate surface area is 75.4 Å². The first kappa shape index (κ1) is 7.32. The van der Waals surface area contributed by atoms with E-state index in [-0.39, 0.29) is 0 Å². The van der Waals surface area contributed by atoms with E-state index in [9.17, 15) is 0 Å². The summed E-state index contributed by atoms with van der Waals surface area (Å²) in [6.45, 7) is 0. The normalized spacial score (nSPS) is 9.00. The highest BCUT2D eigenvalue weighted by Gasteiger charge is 2.04. The summed E-state index contributed by atoms with van der Waals surface area (Å²) in [6.07, 6.45) is 0. The lowest BCUT2D eigenvalue weighted by molar-refractivity contribution is 1.50. The predicted molar refractivity (Wildman–Crippen MR) is 46.8 cm³/mol. The zero-order chi connectivity index (χ0) is 6.85. The van der Waals surface area contributed by atoms with Gasteiger partial charge in [0.05, 0.1) is 13.5 Å². The molecule has 0 bridgehead atoms. The molecule has 0 unspecified atom stereocenters. The van der Waals surface area contributed by atoms with Crippen LogP contribution in [0.3, 0.4) is 0 Å². The zero-order valence-electron chi connectivity index (χ0n) is 4.19. The van der Waals surface area contributed by atoms with E-state index in [1.165, 1.54) is 11.3 Å². The molecule has 0 aliphatic carbocycles. The molecule has 4 heteroatoms. The summed E-state index contributed by atoms with van der Waals surface area (Å²) < 4.78 is 0.958. The quantitative estimate of drug-likeness (QED) is 0.664. The van der Waals surface area contributed by atoms with Crippen molar-refractivity contribution < 1.29 is 0 Å². The van der Waals surface area contributed by atoms with Crippen LogP contribution < -0.4 is 0 Å². The van der Waals surface area contributed by atoms with Crippen molar-refractivity contribution >= 4 is 45.5 Å². The Morgan fingerprint density at radius 2 is 2.44 bits per heavy atom. The lowest BCUT2D eigenvalue weighted by Crippen LogP contribution is -1.68. The van der Waals surface area contributed by atoms with E-state index < -0.39 is 0 Å². The van der Waals surface area contributed by atoms with Crippen molar-refractivity contribution in [2.45, 2.75) is 0 Å². The summed E-state index contributed by atoms with van der Waals surface area (Å²) in [5, 5.41) is 10.8. The highest BCUT2D eigenvalue weighted by molar-refractivity contribution is 14.1. The van der Waals surface area contributed by atoms with Gasteiger partial charge in [0.15, 0.2) is 0 Å². The maximum absolute atomic E-state index is 8.46. The van der Waals surface area contributed by atoms with Crippen molar-refractivity contribution in [3.8, 4) is 6.07 Å². The van der Waals surface area contributed by atoms with Crippen molar-refractivity contribution in [1.82, 2.24) is 0 Å². The van der Waals surface area contributed by atoms with E-state index in [2.05, 4.69) is 22.6 Å². The molecule has 1 heterocycles. The van der Waals surface area contributed by atoms with E-state index in [0.29, 0.717) is 10.6 Å². The summed E-state index contributed by atoms with van der Waals surface area (Å²) >= 11 is 9.21. The second kappa shape index (κ2) is 2.86. The van der Waals surface area contributed by atoms with Gasteiger partial charge in [-0.15, -0.1) is 11.3 Å². The summed E-state index contributed by atoms with van der Waals surface area (Å²) in [7, 11) is 0. The largest absolute Gasteiger partial charge is 0.192 e. The minimum absolute atomic E-state index is 0.562. The fourth-order valence-electron chi connectivity index (χ4n) is 0.413. The number of hydrogen-bond donors (Lipinski definition) is 0. The Morgan fingerprint density at radius 3 is 2.67 bits per heavy atom. The molecule has 1 aromatic heterocycles. The molecule has 0 fully saturated rings. The van der Waals surface area contributed by atoms with Gasteiger partial charge in [-0.3, -0.25) is 0 Å². The van der Waals surface area contributed by atoms with E-state index in [4.69, 9.17) is 16.9 Å². The molecule has 1 rings (SSSR count). The third kappa shape index (κ3) is 1.37. The molecule has 46 valence electrons. The smallest absolute Gasteiger partial charge is 0.103 e. The van der Waals surface area contributed by atoms with Gasteiger partial charge in [-0.1, -0.05) is 11.6 Å². The van der Waals surface area contributed by atoms with E-state index in [0.717, 1.165) is 2.88 Å². The molecular formula is C5HClINS. The molecule has 0 atom stereocenters. The lowest BCUT2D eigenvalue weighted by Gasteiger charge is -1.79. The van der Waals surface area contributed by atoms with Crippen molar-refractivity contribution in [3.63, 3.8) is 0 Å². The highest BCUT2D eigenvalue weighted by Crippen LogP contribution is 2.26. The van der Waals surface area contributed by atoms with Crippen LogP contribution in [0.2, 0.25) is 5.02 Å². The van der Waals surface area contributed by atoms with Crippen LogP contribution in [0.25, 0.3) is 0 Å². The molecule has 0 spiro atoms. The number of nitriles is 1. The lowest BCUT2D eigenvalue weighted by atomic mass is 10.4. The Bertz CT molecular complexity index is 243. The summed E-state index contributed by atoms with van der Waals surface area (Å²) in [4.78, 5) is 0. The van der Waals surface area contributed by atoms with Gasteiger partial charge in [-0.2, -0.15) is 5.26 Å². The van der Waals surface area contributed by atoms with Crippen molar-refractivity contribution in [2.75, 3.05) is 0 Å². The molecule has 1 aromatic rings. The molecule has 0 N–H and O–H groups in total. The maximum Gasteiger partial charge on any atom is 0.103 e. The van der Waals surface area contributed by atoms with Gasteiger partial charge in [-0.25, -0.2) is 0 Å². The van der Waals surface area contributed by atoms with Gasteiger partial charge in [-0.05, 0) is 22.6 Å². The van der Waals surface area contributed by atoms with Gasteiger partial charge in [0.1, 0.15) is 6.07 Å². The standard InChI is InChI=1S/C5HClINS/c6-4-2-9-5(7)3(4)1-8/h2H. The molecule has 0 aliphatic heterocycles. The van der Waals surface area contributed by atoms with Gasteiger partial charge in [0.2, 0.25) is 0 Å². The van der Waals surface area contributed by atoms with Gasteiger partial charge in [0, 0.05) is 5.38 Å². The SMILES string of the molecule is N#Cc1c(Cl)csc1I. The van der Waals surface area contributed by atoms with Crippen LogP contribution in [-0.4, -0.2) is 0 Å². The Balaban J connectivity index is 3.27. The van der Waals surface area contributed by atoms with Gasteiger partial charge in [0.25, 0.3) is 0 Å². The molecule has 0 aromatic carbocycles. The Morgan fingerprint density at radius 1 is 1.78 bits per heavy atom. The number of halogens is 2. The van der Waals surface area contributed by atoms with Crippen molar-refractivity contribution in [3.05, 3.63) is 18.9 Å². The minimum Gasteiger partial charge on any atom is -0.192 e. The molecule has 0 aliphatic rings. The van der Waals surface area contributed by atoms with Crippen LogP contribution in [0.1, 0.15) is 5.56 Å². The average Bonchev–Trinajstić information content (AvgIpc) is 2.12. The van der Waals surface area contributed by atoms with Crippen molar-refractivity contribution in [2.24, 2.45) is 0 Å². The molecule has 0 radical (unpaired) electrons. The van der Waals surface area contributed by atoms with E-state index in [1.54, 1.807) is 5.38 Å². The molecule has 9 heavy (non-hydrogen) atoms. The summed E-state index contributed by atoms with van der Waals surface area (Å²) in [6, 6.07) is 2.01. The molecular weight excluding hydrogens is 268 g/mol. The Hall–Kier alpha value is 0.210. The third-order valence-electron chi connectivity index (χ3n) is 0.813. The first-order valence-electron chi connectivity index (χ1n) is 2.08. The van der Waals surface area contributed by atoms with E-state index in [1.807, 2.05) is 6.07 Å². The van der Waals surface area contributed by atoms with Crippen LogP contribution >= 0.6 is 45.5 Å². The highest BCUT2D eigenvalue weighted by atomic mass is 127. The molecule has 0 saturated heterocycles. The van der Waals surface area contributed by atoms with Crippen LogP contribution in [0, 0.1) is 14.2 Å². The summed E-state index contributed by atoms with van der Waals surface area (Å²) in [5.41, 5.74) is 0.599. The molecule has 0 saturated carbocycles. The predicted octanol–water partition coefficient (Wildman–Crippen LogP) is 2.88. The van der Waals surface area contributed by atoms with Crippen LogP contribution in [0.4, 0.5) is 0 Å². The fourth-order valence-corrected chi connectivity index (χ4v) is 2.29. The molecule has 1 nitrogen and oxygen atoms in total. The second-order valence-electron chi connectivity index (χ2n) is 1.34. The van der Waals surface area contributed by atoms with Gasteiger partial charge >= 0.3 is 0 Å². The Kier molecular flexibility index (Phi) is 2.33. The average molecular weight is 269 g/mol. The van der Waals surface area contributed by atoms with Crippen LogP contribution in [0.15, 0.2) is 5.38 Å². The minimum atomic E-state index is 0.562. The van der Waals surface area contributed by atoms with Crippen LogP contribution in [-0.2, 0) is 0 Å². The van der Waals surface area contributed by atoms with E-state index >= 15 is 0 Å². The summed E-state index contributed by atoms with van der Waals surface area (Å²) in [5.74, 6) is 0.